The lowest BCUT2D eigenvalue weighted by atomic mass is 9.87. The lowest BCUT2D eigenvalue weighted by Crippen LogP contribution is -2.66. The number of halogens is 6. The van der Waals surface area contributed by atoms with Crippen molar-refractivity contribution in [2.45, 2.75) is 37.9 Å². The number of benzene rings is 3. The van der Waals surface area contributed by atoms with E-state index < -0.39 is 46.4 Å². The van der Waals surface area contributed by atoms with Gasteiger partial charge in [-0.2, -0.15) is 26.3 Å². The number of ether oxygens (including phenoxy) is 1. The molecule has 0 bridgehead atoms. The zero-order chi connectivity index (χ0) is 26.5. The molecule has 36 heavy (non-hydrogen) atoms. The molecule has 10 heteroatoms. The molecule has 0 aliphatic rings. The molecular weight excluding hydrogens is 506 g/mol. The molecule has 0 fully saturated rings. The highest BCUT2D eigenvalue weighted by molar-refractivity contribution is 7.50. The van der Waals surface area contributed by atoms with E-state index in [1.807, 2.05) is 48.5 Å². The first-order valence-corrected chi connectivity index (χ1v) is 12.1. The highest BCUT2D eigenvalue weighted by Crippen LogP contribution is 2.50. The second-order valence-corrected chi connectivity index (χ2v) is 10.6. The first kappa shape index (κ1) is 26.0. The maximum absolute atomic E-state index is 13.5. The Labute approximate surface area is 204 Å². The summed E-state index contributed by atoms with van der Waals surface area (Å²) in [6.45, 7) is 2.01. The van der Waals surface area contributed by atoms with Crippen molar-refractivity contribution in [3.05, 3.63) is 78.4 Å². The molecule has 4 aromatic rings. The Morgan fingerprint density at radius 3 is 1.94 bits per heavy atom. The van der Waals surface area contributed by atoms with Gasteiger partial charge in [0.15, 0.2) is 20.4 Å². The van der Waals surface area contributed by atoms with Crippen LogP contribution in [-0.4, -0.2) is 35.1 Å². The quantitative estimate of drug-likeness (QED) is 0.164. The summed E-state index contributed by atoms with van der Waals surface area (Å²) in [6.07, 6.45) is -15.2. The molecule has 0 radical (unpaired) electrons. The number of hydrogen-bond acceptors (Lipinski definition) is 3. The summed E-state index contributed by atoms with van der Waals surface area (Å²) in [7, 11) is -0.507. The Balaban J connectivity index is 1.81. The molecular formula is C26H21F6O3S+. The van der Waals surface area contributed by atoms with Crippen LogP contribution in [0, 0.1) is 5.92 Å². The molecule has 0 amide bonds. The van der Waals surface area contributed by atoms with Crippen LogP contribution in [0.4, 0.5) is 26.3 Å². The van der Waals surface area contributed by atoms with E-state index in [0.717, 1.165) is 33.5 Å². The van der Waals surface area contributed by atoms with Crippen LogP contribution in [0.3, 0.4) is 0 Å². The van der Waals surface area contributed by atoms with Gasteiger partial charge in [-0.3, -0.25) is 0 Å². The van der Waals surface area contributed by atoms with Crippen LogP contribution in [0.2, 0.25) is 0 Å². The van der Waals surface area contributed by atoms with E-state index in [4.69, 9.17) is 4.74 Å². The molecule has 1 aromatic heterocycles. The van der Waals surface area contributed by atoms with Gasteiger partial charge in [0.1, 0.15) is 0 Å². The summed E-state index contributed by atoms with van der Waals surface area (Å²) in [5.74, 6) is -2.89. The molecule has 0 saturated heterocycles. The average molecular weight is 528 g/mol. The van der Waals surface area contributed by atoms with Crippen molar-refractivity contribution in [3.63, 3.8) is 0 Å². The lowest BCUT2D eigenvalue weighted by Gasteiger charge is -2.39. The summed E-state index contributed by atoms with van der Waals surface area (Å²) in [4.78, 5) is 13.9. The Hall–Kier alpha value is -3.11. The average Bonchev–Trinajstić information content (AvgIpc) is 3.14. The topological polar surface area (TPSA) is 46.5 Å². The molecule has 0 spiro atoms. The van der Waals surface area contributed by atoms with Gasteiger partial charge in [-0.25, -0.2) is 4.79 Å². The lowest BCUT2D eigenvalue weighted by molar-refractivity contribution is -0.394. The van der Waals surface area contributed by atoms with Crippen LogP contribution in [-0.2, 0) is 4.74 Å². The molecule has 0 saturated carbocycles. The fraction of sp³-hybridized carbons (Fsp3) is 0.269. The van der Waals surface area contributed by atoms with Crippen LogP contribution < -0.4 is 0 Å². The van der Waals surface area contributed by atoms with E-state index in [1.165, 1.54) is 12.1 Å². The largest absolute Gasteiger partial charge is 0.455 e. The molecule has 3 aromatic carbocycles. The van der Waals surface area contributed by atoms with E-state index in [2.05, 4.69) is 0 Å². The SMILES string of the molecule is CC(C)C(OC(=O)c1ccc2c(c1)c1ccccc1[s+]2-c1ccccc1)C(O)(C(F)(F)F)C(F)(F)F. The molecule has 0 aliphatic carbocycles. The number of aliphatic hydroxyl groups is 1. The summed E-state index contributed by atoms with van der Waals surface area (Å²) >= 11 is 0. The van der Waals surface area contributed by atoms with Crippen molar-refractivity contribution < 1.29 is 41.0 Å². The maximum Gasteiger partial charge on any atom is 0.430 e. The van der Waals surface area contributed by atoms with E-state index in [0.29, 0.717) is 5.39 Å². The van der Waals surface area contributed by atoms with Gasteiger partial charge in [-0.1, -0.05) is 44.2 Å². The standard InChI is InChI=1S/C26H21F6O3S/c1-15(2)22(24(34,25(27,28)29)26(30,31)32)35-23(33)16-12-13-21-19(14-16)18-10-6-7-11-20(18)36(21)17-8-4-3-5-9-17/h3-15,22,34H,1-2H3/q+1. The Morgan fingerprint density at radius 1 is 0.806 bits per heavy atom. The van der Waals surface area contributed by atoms with Gasteiger partial charge in [-0.05, 0) is 48.4 Å². The number of alkyl halides is 6. The fourth-order valence-corrected chi connectivity index (χ4v) is 6.59. The van der Waals surface area contributed by atoms with Crippen LogP contribution in [0.15, 0.2) is 72.8 Å². The second kappa shape index (κ2) is 9.08. The third kappa shape index (κ3) is 4.22. The normalized spacial score (nSPS) is 14.4. The van der Waals surface area contributed by atoms with Crippen molar-refractivity contribution in [2.75, 3.05) is 0 Å². The summed E-state index contributed by atoms with van der Waals surface area (Å²) in [5, 5.41) is 11.3. The number of hydrogen-bond donors (Lipinski definition) is 1. The molecule has 1 heterocycles. The highest BCUT2D eigenvalue weighted by atomic mass is 32.2. The van der Waals surface area contributed by atoms with Crippen molar-refractivity contribution in [1.82, 2.24) is 0 Å². The van der Waals surface area contributed by atoms with Crippen molar-refractivity contribution in [3.8, 4) is 4.90 Å². The first-order valence-electron chi connectivity index (χ1n) is 10.9. The van der Waals surface area contributed by atoms with E-state index in [-0.39, 0.29) is 5.56 Å². The zero-order valence-electron chi connectivity index (χ0n) is 19.0. The van der Waals surface area contributed by atoms with Gasteiger partial charge in [0, 0.05) is 21.2 Å². The molecule has 2 atom stereocenters. The number of thiophene rings is 1. The number of rotatable bonds is 5. The number of esters is 1. The van der Waals surface area contributed by atoms with Crippen LogP contribution in [0.25, 0.3) is 25.1 Å². The summed E-state index contributed by atoms with van der Waals surface area (Å²) in [6, 6.07) is 21.4. The van der Waals surface area contributed by atoms with Crippen molar-refractivity contribution in [2.24, 2.45) is 5.92 Å². The second-order valence-electron chi connectivity index (χ2n) is 8.66. The molecule has 190 valence electrons. The van der Waals surface area contributed by atoms with E-state index in [9.17, 15) is 36.2 Å². The van der Waals surface area contributed by atoms with E-state index >= 15 is 0 Å². The monoisotopic (exact) mass is 527 g/mol. The molecule has 1 N–H and O–H groups in total. The maximum atomic E-state index is 13.5. The van der Waals surface area contributed by atoms with E-state index in [1.54, 1.807) is 12.1 Å². The van der Waals surface area contributed by atoms with Crippen LogP contribution in [0.1, 0.15) is 24.2 Å². The van der Waals surface area contributed by atoms with Gasteiger partial charge in [0.25, 0.3) is 5.60 Å². The Kier molecular flexibility index (Phi) is 6.55. The van der Waals surface area contributed by atoms with Crippen LogP contribution >= 0.6 is 10.5 Å². The Morgan fingerprint density at radius 2 is 1.36 bits per heavy atom. The fourth-order valence-electron chi connectivity index (χ4n) is 4.21. The number of carbonyl (C=O) groups excluding carboxylic acids is 1. The smallest absolute Gasteiger partial charge is 0.430 e. The molecule has 3 nitrogen and oxygen atoms in total. The minimum absolute atomic E-state index is 0.223. The zero-order valence-corrected chi connectivity index (χ0v) is 19.8. The first-order chi connectivity index (χ1) is 16.8. The third-order valence-electron chi connectivity index (χ3n) is 5.93. The Bertz CT molecular complexity index is 1390. The van der Waals surface area contributed by atoms with Crippen molar-refractivity contribution >= 4 is 36.6 Å². The predicted molar refractivity (Wildman–Crippen MR) is 126 cm³/mol. The summed E-state index contributed by atoms with van der Waals surface area (Å²) < 4.78 is 87.3. The van der Waals surface area contributed by atoms with Gasteiger partial charge >= 0.3 is 18.3 Å². The molecule has 4 rings (SSSR count). The predicted octanol–water partition coefficient (Wildman–Crippen LogP) is 7.77. The van der Waals surface area contributed by atoms with Crippen molar-refractivity contribution in [1.29, 1.82) is 0 Å². The van der Waals surface area contributed by atoms with Gasteiger partial charge < -0.3 is 9.84 Å². The minimum Gasteiger partial charge on any atom is -0.455 e. The minimum atomic E-state index is -6.12. The third-order valence-corrected chi connectivity index (χ3v) is 8.26. The highest BCUT2D eigenvalue weighted by Gasteiger charge is 2.76. The number of carbonyl (C=O) groups is 1. The molecule has 0 aliphatic heterocycles. The van der Waals surface area contributed by atoms with Crippen LogP contribution in [0.5, 0.6) is 0 Å². The van der Waals surface area contributed by atoms with Gasteiger partial charge in [0.05, 0.1) is 5.56 Å². The number of fused-ring (bicyclic) bond motifs is 3. The van der Waals surface area contributed by atoms with Gasteiger partial charge in [-0.15, -0.1) is 0 Å². The summed E-state index contributed by atoms with van der Waals surface area (Å²) in [5.41, 5.74) is -5.45. The molecule has 2 unspecified atom stereocenters. The van der Waals surface area contributed by atoms with Gasteiger partial charge in [0.2, 0.25) is 0 Å².